The van der Waals surface area contributed by atoms with Gasteiger partial charge in [0.1, 0.15) is 0 Å². The average Bonchev–Trinajstić information content (AvgIpc) is 2.27. The van der Waals surface area contributed by atoms with Crippen LogP contribution in [0.5, 0.6) is 0 Å². The van der Waals surface area contributed by atoms with Crippen LogP contribution < -0.4 is 0 Å². The minimum atomic E-state index is -2.64. The number of rotatable bonds is 4. The lowest BCUT2D eigenvalue weighted by Gasteiger charge is -2.06. The molecule has 0 radical (unpaired) electrons. The van der Waals surface area contributed by atoms with Crippen molar-refractivity contribution in [2.24, 2.45) is 5.16 Å². The maximum absolute atomic E-state index is 11.1. The predicted molar refractivity (Wildman–Crippen MR) is 56.5 cm³/mol. The van der Waals surface area contributed by atoms with Gasteiger partial charge in [-0.3, -0.25) is 0 Å². The van der Waals surface area contributed by atoms with Crippen molar-refractivity contribution in [1.29, 1.82) is 0 Å². The number of hydrogen-bond acceptors (Lipinski definition) is 5. The molecule has 82 valence electrons. The van der Waals surface area contributed by atoms with Gasteiger partial charge in [-0.1, -0.05) is 18.2 Å². The molecule has 1 rings (SSSR count). The van der Waals surface area contributed by atoms with Gasteiger partial charge in [-0.25, -0.2) is 4.57 Å². The van der Waals surface area contributed by atoms with E-state index in [1.54, 1.807) is 31.2 Å². The summed E-state index contributed by atoms with van der Waals surface area (Å²) in [6, 6.07) is 8.67. The zero-order chi connectivity index (χ0) is 11.1. The van der Waals surface area contributed by atoms with Crippen LogP contribution in [0.25, 0.3) is 0 Å². The largest absolute Gasteiger partial charge is 0.408 e. The van der Waals surface area contributed by atoms with Gasteiger partial charge >= 0.3 is 8.25 Å². The smallest absolute Gasteiger partial charge is 0.369 e. The van der Waals surface area contributed by atoms with Crippen molar-refractivity contribution in [2.45, 2.75) is 6.92 Å². The third-order valence-electron chi connectivity index (χ3n) is 1.55. The third kappa shape index (κ3) is 3.73. The van der Waals surface area contributed by atoms with Crippen LogP contribution in [0.15, 0.2) is 35.5 Å². The Morgan fingerprint density at radius 1 is 1.47 bits per heavy atom. The average molecular weight is 229 g/mol. The molecule has 1 unspecified atom stereocenters. The zero-order valence-corrected chi connectivity index (χ0v) is 9.21. The summed E-state index contributed by atoms with van der Waals surface area (Å²) >= 11 is 0. The molecule has 0 heterocycles. The second kappa shape index (κ2) is 6.22. The van der Waals surface area contributed by atoms with E-state index >= 15 is 0 Å². The lowest BCUT2D eigenvalue weighted by molar-refractivity contribution is 0.278. The molecule has 0 saturated heterocycles. The number of benzene rings is 1. The van der Waals surface area contributed by atoms with E-state index in [4.69, 9.17) is 14.3 Å². The third-order valence-corrected chi connectivity index (χ3v) is 2.44. The molecular weight excluding hydrogens is 217 g/mol. The number of hydrogen-bond donors (Lipinski definition) is 1. The fourth-order valence-corrected chi connectivity index (χ4v) is 1.56. The fraction of sp³-hybridized carbons (Fsp3) is 0.222. The first-order valence-electron chi connectivity index (χ1n) is 4.40. The summed E-state index contributed by atoms with van der Waals surface area (Å²) in [5.74, 6) is -0.104. The normalized spacial score (nSPS) is 13.5. The zero-order valence-electron chi connectivity index (χ0n) is 8.21. The van der Waals surface area contributed by atoms with Crippen LogP contribution in [-0.2, 0) is 13.6 Å². The van der Waals surface area contributed by atoms with Crippen LogP contribution in [0.4, 0.5) is 0 Å². The SMILES string of the molecule is CCO[PH](=O)OC(=NO)c1ccccc1. The topological polar surface area (TPSA) is 68.1 Å². The summed E-state index contributed by atoms with van der Waals surface area (Å²) in [6.07, 6.45) is 0. The molecule has 1 atom stereocenters. The van der Waals surface area contributed by atoms with E-state index in [9.17, 15) is 4.57 Å². The number of nitrogens with zero attached hydrogens (tertiary/aromatic N) is 1. The Balaban J connectivity index is 2.70. The first-order chi connectivity index (χ1) is 7.27. The molecule has 0 amide bonds. The molecule has 0 fully saturated rings. The van der Waals surface area contributed by atoms with Gasteiger partial charge in [-0.05, 0) is 24.2 Å². The predicted octanol–water partition coefficient (Wildman–Crippen LogP) is 2.27. The van der Waals surface area contributed by atoms with E-state index in [0.29, 0.717) is 5.56 Å². The molecule has 1 aromatic carbocycles. The van der Waals surface area contributed by atoms with Crippen molar-refractivity contribution in [3.8, 4) is 0 Å². The molecule has 6 heteroatoms. The molecule has 0 saturated carbocycles. The van der Waals surface area contributed by atoms with Gasteiger partial charge in [0.15, 0.2) is 0 Å². The Morgan fingerprint density at radius 3 is 2.67 bits per heavy atom. The van der Waals surface area contributed by atoms with Crippen molar-refractivity contribution in [3.05, 3.63) is 35.9 Å². The summed E-state index contributed by atoms with van der Waals surface area (Å²) in [5, 5.41) is 11.6. The quantitative estimate of drug-likeness (QED) is 0.283. The van der Waals surface area contributed by atoms with Crippen molar-refractivity contribution >= 4 is 14.2 Å². The second-order valence-corrected chi connectivity index (χ2v) is 3.55. The Bertz CT molecular complexity index is 352. The van der Waals surface area contributed by atoms with Crippen LogP contribution in [0, 0.1) is 0 Å². The van der Waals surface area contributed by atoms with Gasteiger partial charge in [0.05, 0.1) is 6.61 Å². The van der Waals surface area contributed by atoms with E-state index in [-0.39, 0.29) is 12.5 Å². The van der Waals surface area contributed by atoms with Crippen molar-refractivity contribution in [3.63, 3.8) is 0 Å². The van der Waals surface area contributed by atoms with Gasteiger partial charge in [-0.15, -0.1) is 0 Å². The Morgan fingerprint density at radius 2 is 2.13 bits per heavy atom. The van der Waals surface area contributed by atoms with Gasteiger partial charge in [0, 0.05) is 5.56 Å². The highest BCUT2D eigenvalue weighted by molar-refractivity contribution is 7.34. The van der Waals surface area contributed by atoms with Crippen LogP contribution in [0.2, 0.25) is 0 Å². The van der Waals surface area contributed by atoms with Crippen molar-refractivity contribution in [1.82, 2.24) is 0 Å². The van der Waals surface area contributed by atoms with Crippen LogP contribution in [0.1, 0.15) is 12.5 Å². The van der Waals surface area contributed by atoms with Crippen molar-refractivity contribution < 1.29 is 18.8 Å². The molecule has 0 bridgehead atoms. The summed E-state index contributed by atoms with van der Waals surface area (Å²) in [6.45, 7) is 1.98. The van der Waals surface area contributed by atoms with Crippen molar-refractivity contribution in [2.75, 3.05) is 6.61 Å². The highest BCUT2D eigenvalue weighted by Gasteiger charge is 2.08. The summed E-state index contributed by atoms with van der Waals surface area (Å²) in [7, 11) is -2.64. The molecule has 0 aliphatic rings. The molecule has 0 aliphatic heterocycles. The van der Waals surface area contributed by atoms with E-state index in [1.165, 1.54) is 0 Å². The Hall–Kier alpha value is -1.32. The molecule has 15 heavy (non-hydrogen) atoms. The molecule has 0 aliphatic carbocycles. The Kier molecular flexibility index (Phi) is 4.87. The van der Waals surface area contributed by atoms with E-state index in [0.717, 1.165) is 0 Å². The second-order valence-electron chi connectivity index (χ2n) is 2.56. The highest BCUT2D eigenvalue weighted by Crippen LogP contribution is 2.25. The first kappa shape index (κ1) is 11.8. The van der Waals surface area contributed by atoms with Crippen LogP contribution in [-0.4, -0.2) is 17.7 Å². The summed E-state index contributed by atoms with van der Waals surface area (Å²) < 4.78 is 20.7. The minimum Gasteiger partial charge on any atom is -0.408 e. The molecule has 1 N–H and O–H groups in total. The lowest BCUT2D eigenvalue weighted by Crippen LogP contribution is -2.02. The molecule has 0 spiro atoms. The van der Waals surface area contributed by atoms with E-state index in [2.05, 4.69) is 5.16 Å². The first-order valence-corrected chi connectivity index (χ1v) is 5.62. The van der Waals surface area contributed by atoms with Gasteiger partial charge < -0.3 is 14.3 Å². The monoisotopic (exact) mass is 229 g/mol. The highest BCUT2D eigenvalue weighted by atomic mass is 31.1. The van der Waals surface area contributed by atoms with Gasteiger partial charge in [-0.2, -0.15) is 0 Å². The molecule has 0 aromatic heterocycles. The van der Waals surface area contributed by atoms with Gasteiger partial charge in [0.25, 0.3) is 5.90 Å². The van der Waals surface area contributed by atoms with Crippen LogP contribution >= 0.6 is 8.25 Å². The molecular formula is C9H12NO4P. The molecule has 5 nitrogen and oxygen atoms in total. The van der Waals surface area contributed by atoms with Gasteiger partial charge in [0.2, 0.25) is 0 Å². The maximum atomic E-state index is 11.1. The maximum Gasteiger partial charge on any atom is 0.369 e. The van der Waals surface area contributed by atoms with E-state index < -0.39 is 8.25 Å². The Labute approximate surface area is 88.3 Å². The summed E-state index contributed by atoms with van der Waals surface area (Å²) in [4.78, 5) is 0. The fourth-order valence-electron chi connectivity index (χ4n) is 0.944. The summed E-state index contributed by atoms with van der Waals surface area (Å²) in [5.41, 5.74) is 0.540. The number of oxime groups is 1. The standard InChI is InChI=1S/C9H12NO4P/c1-2-13-15(12)14-9(10-11)8-6-4-3-5-7-8/h3-7,11,15H,2H2,1H3. The minimum absolute atomic E-state index is 0.104. The lowest BCUT2D eigenvalue weighted by atomic mass is 10.2. The van der Waals surface area contributed by atoms with E-state index in [1.807, 2.05) is 6.07 Å². The van der Waals surface area contributed by atoms with Crippen LogP contribution in [0.3, 0.4) is 0 Å². The molecule has 1 aromatic rings.